The number of rotatable bonds is 5. The van der Waals surface area contributed by atoms with Crippen LogP contribution in [0, 0.1) is 5.82 Å². The second kappa shape index (κ2) is 7.65. The van der Waals surface area contributed by atoms with Crippen LogP contribution in [0.1, 0.15) is 41.2 Å². The number of hydrogen-bond donors (Lipinski definition) is 1. The van der Waals surface area contributed by atoms with Gasteiger partial charge in [-0.05, 0) is 37.0 Å². The van der Waals surface area contributed by atoms with E-state index in [1.807, 2.05) is 46.0 Å². The first-order chi connectivity index (χ1) is 15.0. The Morgan fingerprint density at radius 2 is 1.94 bits per heavy atom. The fourth-order valence-electron chi connectivity index (χ4n) is 4.22. The van der Waals surface area contributed by atoms with E-state index in [1.165, 1.54) is 12.3 Å². The van der Waals surface area contributed by atoms with Crippen LogP contribution >= 0.6 is 0 Å². The first-order valence-electron chi connectivity index (χ1n) is 10.5. The molecule has 2 aromatic carbocycles. The van der Waals surface area contributed by atoms with Crippen molar-refractivity contribution >= 4 is 28.8 Å². The Balaban J connectivity index is 1.48. The van der Waals surface area contributed by atoms with E-state index in [-0.39, 0.29) is 23.0 Å². The first kappa shape index (κ1) is 19.5. The van der Waals surface area contributed by atoms with Crippen LogP contribution in [0.25, 0.3) is 10.9 Å². The highest BCUT2D eigenvalue weighted by Gasteiger charge is 2.29. The van der Waals surface area contributed by atoms with E-state index in [4.69, 9.17) is 0 Å². The average molecular weight is 419 g/mol. The third kappa shape index (κ3) is 3.71. The number of halogens is 1. The molecule has 1 unspecified atom stereocenters. The number of anilines is 1. The molecular formula is C24H22FN3O3. The van der Waals surface area contributed by atoms with Gasteiger partial charge in [0.15, 0.2) is 0 Å². The molecule has 1 aromatic heterocycles. The van der Waals surface area contributed by atoms with Crippen LogP contribution < -0.4 is 10.3 Å². The molecule has 2 heterocycles. The third-order valence-corrected chi connectivity index (χ3v) is 6.01. The molecule has 0 radical (unpaired) electrons. The van der Waals surface area contributed by atoms with Gasteiger partial charge in [0.2, 0.25) is 5.43 Å². The summed E-state index contributed by atoms with van der Waals surface area (Å²) in [4.78, 5) is 30.7. The van der Waals surface area contributed by atoms with Crippen LogP contribution in [0.4, 0.5) is 10.1 Å². The largest absolute Gasteiger partial charge is 0.477 e. The van der Waals surface area contributed by atoms with Crippen molar-refractivity contribution < 1.29 is 14.3 Å². The van der Waals surface area contributed by atoms with Gasteiger partial charge in [0.25, 0.3) is 0 Å². The molecule has 1 N–H and O–H groups in total. The van der Waals surface area contributed by atoms with E-state index in [1.54, 1.807) is 6.07 Å². The number of carbonyl (C=O) groups is 1. The highest BCUT2D eigenvalue weighted by atomic mass is 19.1. The van der Waals surface area contributed by atoms with Gasteiger partial charge >= 0.3 is 5.97 Å². The number of benzene rings is 2. The van der Waals surface area contributed by atoms with Crippen molar-refractivity contribution in [3.05, 3.63) is 75.8 Å². The number of carboxylic acid groups (broad SMARTS) is 1. The van der Waals surface area contributed by atoms with Crippen LogP contribution in [0.5, 0.6) is 0 Å². The lowest BCUT2D eigenvalue weighted by molar-refractivity contribution is 0.0695. The zero-order chi connectivity index (χ0) is 21.5. The number of nitrogens with zero attached hydrogens (tertiary/aromatic N) is 3. The quantitative estimate of drug-likeness (QED) is 0.637. The summed E-state index contributed by atoms with van der Waals surface area (Å²) in [5.74, 6) is -1.80. The molecule has 2 aliphatic rings. The SMILES string of the molecule is O=C(O)c1cn(C2CC2)c2cc(N3CCC(N=Cc4ccccc4)C3)c(F)cc2c1=O. The minimum Gasteiger partial charge on any atom is -0.477 e. The summed E-state index contributed by atoms with van der Waals surface area (Å²) in [6.45, 7) is 1.26. The predicted octanol–water partition coefficient (Wildman–Crippen LogP) is 3.87. The Bertz CT molecular complexity index is 1250. The zero-order valence-corrected chi connectivity index (χ0v) is 16.9. The number of aromatic nitrogens is 1. The lowest BCUT2D eigenvalue weighted by atomic mass is 10.1. The maximum Gasteiger partial charge on any atom is 0.341 e. The molecule has 1 aliphatic carbocycles. The van der Waals surface area contributed by atoms with Gasteiger partial charge in [0, 0.05) is 36.9 Å². The van der Waals surface area contributed by atoms with E-state index in [0.717, 1.165) is 24.8 Å². The molecule has 0 amide bonds. The summed E-state index contributed by atoms with van der Waals surface area (Å²) >= 11 is 0. The average Bonchev–Trinajstić information content (AvgIpc) is 3.50. The standard InChI is InChI=1S/C24H22FN3O3/c25-20-10-18-21(28(17-6-7-17)14-19(23(18)29)24(30)31)11-22(20)27-9-8-16(13-27)26-12-15-4-2-1-3-5-15/h1-5,10-12,14,16-17H,6-9,13H2,(H,30,31). The molecule has 31 heavy (non-hydrogen) atoms. The summed E-state index contributed by atoms with van der Waals surface area (Å²) in [5, 5.41) is 9.50. The van der Waals surface area contributed by atoms with E-state index in [9.17, 15) is 14.7 Å². The van der Waals surface area contributed by atoms with Crippen LogP contribution in [0.2, 0.25) is 0 Å². The lowest BCUT2D eigenvalue weighted by Gasteiger charge is -2.21. The summed E-state index contributed by atoms with van der Waals surface area (Å²) in [6, 6.07) is 13.0. The normalized spacial score (nSPS) is 18.9. The predicted molar refractivity (Wildman–Crippen MR) is 118 cm³/mol. The van der Waals surface area contributed by atoms with Crippen LogP contribution in [-0.4, -0.2) is 41.0 Å². The summed E-state index contributed by atoms with van der Waals surface area (Å²) < 4.78 is 16.9. The monoisotopic (exact) mass is 419 g/mol. The topological polar surface area (TPSA) is 74.9 Å². The fourth-order valence-corrected chi connectivity index (χ4v) is 4.22. The smallest absolute Gasteiger partial charge is 0.341 e. The van der Waals surface area contributed by atoms with Gasteiger partial charge in [-0.2, -0.15) is 0 Å². The zero-order valence-electron chi connectivity index (χ0n) is 16.9. The molecule has 1 aliphatic heterocycles. The maximum atomic E-state index is 15.0. The molecule has 5 rings (SSSR count). The molecule has 0 spiro atoms. The van der Waals surface area contributed by atoms with Crippen molar-refractivity contribution in [2.75, 3.05) is 18.0 Å². The van der Waals surface area contributed by atoms with Gasteiger partial charge in [0.1, 0.15) is 11.4 Å². The van der Waals surface area contributed by atoms with Crippen molar-refractivity contribution in [2.45, 2.75) is 31.3 Å². The summed E-state index contributed by atoms with van der Waals surface area (Å²) in [7, 11) is 0. The Morgan fingerprint density at radius 1 is 1.16 bits per heavy atom. The van der Waals surface area contributed by atoms with Gasteiger partial charge in [0.05, 0.1) is 17.2 Å². The Labute approximate surface area is 178 Å². The van der Waals surface area contributed by atoms with Crippen LogP contribution in [0.3, 0.4) is 0 Å². The van der Waals surface area contributed by atoms with Crippen molar-refractivity contribution in [1.29, 1.82) is 0 Å². The highest BCUT2D eigenvalue weighted by molar-refractivity contribution is 5.93. The molecular weight excluding hydrogens is 397 g/mol. The van der Waals surface area contributed by atoms with Crippen LogP contribution in [-0.2, 0) is 0 Å². The Kier molecular flexibility index (Phi) is 4.81. The molecule has 1 saturated heterocycles. The second-order valence-corrected chi connectivity index (χ2v) is 8.21. The minimum absolute atomic E-state index is 0.0651. The van der Waals surface area contributed by atoms with Gasteiger partial charge in [-0.15, -0.1) is 0 Å². The van der Waals surface area contributed by atoms with Crippen molar-refractivity contribution in [1.82, 2.24) is 4.57 Å². The van der Waals surface area contributed by atoms with E-state index >= 15 is 4.39 Å². The van der Waals surface area contributed by atoms with Crippen molar-refractivity contribution in [3.63, 3.8) is 0 Å². The molecule has 6 nitrogen and oxygen atoms in total. The number of hydrogen-bond acceptors (Lipinski definition) is 4. The summed E-state index contributed by atoms with van der Waals surface area (Å²) in [6.07, 6.45) is 5.91. The number of pyridine rings is 1. The van der Waals surface area contributed by atoms with E-state index in [2.05, 4.69) is 4.99 Å². The molecule has 1 saturated carbocycles. The molecule has 3 aromatic rings. The third-order valence-electron chi connectivity index (χ3n) is 6.01. The molecule has 2 fully saturated rings. The van der Waals surface area contributed by atoms with Gasteiger partial charge < -0.3 is 14.6 Å². The molecule has 1 atom stereocenters. The Morgan fingerprint density at radius 3 is 2.65 bits per heavy atom. The highest BCUT2D eigenvalue weighted by Crippen LogP contribution is 2.38. The number of carboxylic acids is 1. The molecule has 0 bridgehead atoms. The fraction of sp³-hybridized carbons (Fsp3) is 0.292. The number of fused-ring (bicyclic) bond motifs is 1. The lowest BCUT2D eigenvalue weighted by Crippen LogP contribution is -2.23. The maximum absolute atomic E-state index is 15.0. The number of aromatic carboxylic acids is 1. The second-order valence-electron chi connectivity index (χ2n) is 8.21. The van der Waals surface area contributed by atoms with Crippen LogP contribution in [0.15, 0.2) is 58.4 Å². The molecule has 158 valence electrons. The Hall–Kier alpha value is -3.48. The van der Waals surface area contributed by atoms with Crippen molar-refractivity contribution in [3.8, 4) is 0 Å². The van der Waals surface area contributed by atoms with Crippen molar-refractivity contribution in [2.24, 2.45) is 4.99 Å². The first-order valence-corrected chi connectivity index (χ1v) is 10.5. The van der Waals surface area contributed by atoms with Gasteiger partial charge in [-0.25, -0.2) is 9.18 Å². The van der Waals surface area contributed by atoms with Gasteiger partial charge in [-0.3, -0.25) is 9.79 Å². The minimum atomic E-state index is -1.29. The van der Waals surface area contributed by atoms with E-state index in [0.29, 0.717) is 24.3 Å². The van der Waals surface area contributed by atoms with Gasteiger partial charge in [-0.1, -0.05) is 30.3 Å². The molecule has 7 heteroatoms. The number of aliphatic imine (C=N–C) groups is 1. The summed E-state index contributed by atoms with van der Waals surface area (Å²) in [5.41, 5.74) is 1.09. The van der Waals surface area contributed by atoms with E-state index < -0.39 is 17.2 Å².